The number of anilines is 1. The van der Waals surface area contributed by atoms with Crippen molar-refractivity contribution in [2.45, 2.75) is 6.42 Å². The van der Waals surface area contributed by atoms with Crippen LogP contribution in [0.4, 0.5) is 5.69 Å². The second kappa shape index (κ2) is 6.25. The fraction of sp³-hybridized carbons (Fsp3) is 0.308. The molecule has 1 amide bonds. The molecule has 1 aliphatic rings. The quantitative estimate of drug-likeness (QED) is 0.655. The van der Waals surface area contributed by atoms with E-state index in [1.165, 1.54) is 11.8 Å². The van der Waals surface area contributed by atoms with E-state index in [2.05, 4.69) is 5.32 Å². The Kier molecular flexibility index (Phi) is 4.42. The van der Waals surface area contributed by atoms with Gasteiger partial charge in [0.15, 0.2) is 12.4 Å². The van der Waals surface area contributed by atoms with Gasteiger partial charge in [0.25, 0.3) is 5.91 Å². The van der Waals surface area contributed by atoms with Crippen molar-refractivity contribution in [1.82, 2.24) is 0 Å². The van der Waals surface area contributed by atoms with Crippen LogP contribution >= 0.6 is 11.8 Å². The molecule has 0 unspecified atom stereocenters. The number of ether oxygens (including phenoxy) is 1. The van der Waals surface area contributed by atoms with E-state index in [1.54, 1.807) is 18.2 Å². The van der Waals surface area contributed by atoms with Gasteiger partial charge in [-0.15, -0.1) is 0 Å². The number of carbonyl (C=O) groups is 2. The van der Waals surface area contributed by atoms with E-state index in [4.69, 9.17) is 10.00 Å². The first-order valence-electron chi connectivity index (χ1n) is 5.75. The highest BCUT2D eigenvalue weighted by Crippen LogP contribution is 2.28. The normalized spacial score (nSPS) is 12.9. The molecule has 0 aliphatic carbocycles. The number of Topliss-reactive ketones (excluding diaryl/α,β-unsaturated/α-hetero) is 1. The molecule has 1 N–H and O–H groups in total. The third-order valence-corrected chi connectivity index (χ3v) is 3.48. The highest BCUT2D eigenvalue weighted by Gasteiger charge is 2.17. The molecule has 0 fully saturated rings. The lowest BCUT2D eigenvalue weighted by molar-refractivity contribution is -0.118. The van der Waals surface area contributed by atoms with Crippen LogP contribution in [0.3, 0.4) is 0 Å². The second-order valence-electron chi connectivity index (χ2n) is 3.93. The number of nitrogens with zero attached hydrogens (tertiary/aromatic N) is 1. The average Bonchev–Trinajstić information content (AvgIpc) is 2.42. The van der Waals surface area contributed by atoms with Gasteiger partial charge in [0, 0.05) is 17.7 Å². The van der Waals surface area contributed by atoms with Gasteiger partial charge in [0.05, 0.1) is 17.5 Å². The number of amides is 1. The van der Waals surface area contributed by atoms with Gasteiger partial charge in [-0.1, -0.05) is 0 Å². The summed E-state index contributed by atoms with van der Waals surface area (Å²) >= 11 is 1.43. The van der Waals surface area contributed by atoms with Gasteiger partial charge in [-0.3, -0.25) is 9.59 Å². The molecule has 2 rings (SSSR count). The number of hydrogen-bond acceptors (Lipinski definition) is 5. The van der Waals surface area contributed by atoms with E-state index in [-0.39, 0.29) is 18.3 Å². The van der Waals surface area contributed by atoms with Crippen LogP contribution in [-0.2, 0) is 4.79 Å². The number of rotatable bonds is 5. The van der Waals surface area contributed by atoms with Gasteiger partial charge in [-0.25, -0.2) is 0 Å². The van der Waals surface area contributed by atoms with E-state index < -0.39 is 0 Å². The standard InChI is InChI=1S/C13H12N2O3S/c14-4-1-5-19-8-11(16)9-2-3-12-10(6-9)15-13(17)7-18-12/h2-3,6H,1,5,7-8H2,(H,15,17). The highest BCUT2D eigenvalue weighted by atomic mass is 32.2. The molecule has 0 atom stereocenters. The minimum absolute atomic E-state index is 0.00427. The average molecular weight is 276 g/mol. The van der Waals surface area contributed by atoms with Crippen molar-refractivity contribution in [2.75, 3.05) is 23.4 Å². The lowest BCUT2D eigenvalue weighted by atomic mass is 10.1. The summed E-state index contributed by atoms with van der Waals surface area (Å²) in [5.74, 6) is 1.31. The van der Waals surface area contributed by atoms with Crippen molar-refractivity contribution in [3.63, 3.8) is 0 Å². The molecule has 0 saturated heterocycles. The van der Waals surface area contributed by atoms with Crippen molar-refractivity contribution < 1.29 is 14.3 Å². The Balaban J connectivity index is 2.01. The summed E-state index contributed by atoms with van der Waals surface area (Å²) in [5.41, 5.74) is 1.07. The molecular formula is C13H12N2O3S. The zero-order valence-corrected chi connectivity index (χ0v) is 11.0. The first-order chi connectivity index (χ1) is 9.20. The number of hydrogen-bond donors (Lipinski definition) is 1. The van der Waals surface area contributed by atoms with Gasteiger partial charge in [0.2, 0.25) is 0 Å². The van der Waals surface area contributed by atoms with E-state index in [0.717, 1.165) is 0 Å². The van der Waals surface area contributed by atoms with Crippen molar-refractivity contribution in [1.29, 1.82) is 5.26 Å². The third kappa shape index (κ3) is 3.48. The zero-order valence-electron chi connectivity index (χ0n) is 10.1. The Morgan fingerprint density at radius 2 is 2.37 bits per heavy atom. The molecule has 1 heterocycles. The predicted molar refractivity (Wildman–Crippen MR) is 72.5 cm³/mol. The highest BCUT2D eigenvalue weighted by molar-refractivity contribution is 7.99. The van der Waals surface area contributed by atoms with Crippen LogP contribution in [0.15, 0.2) is 18.2 Å². The van der Waals surface area contributed by atoms with Crippen LogP contribution < -0.4 is 10.1 Å². The Bertz CT molecular complexity index is 551. The van der Waals surface area contributed by atoms with E-state index in [1.807, 2.05) is 6.07 Å². The summed E-state index contributed by atoms with van der Waals surface area (Å²) in [6.07, 6.45) is 0.437. The number of nitriles is 1. The summed E-state index contributed by atoms with van der Waals surface area (Å²) in [7, 11) is 0. The second-order valence-corrected chi connectivity index (χ2v) is 5.04. The zero-order chi connectivity index (χ0) is 13.7. The maximum atomic E-state index is 11.9. The molecule has 98 valence electrons. The van der Waals surface area contributed by atoms with E-state index in [0.29, 0.717) is 34.9 Å². The third-order valence-electron chi connectivity index (χ3n) is 2.53. The summed E-state index contributed by atoms with van der Waals surface area (Å²) in [6.45, 7) is 0.00427. The van der Waals surface area contributed by atoms with Gasteiger partial charge in [0.1, 0.15) is 5.75 Å². The number of ketones is 1. The minimum Gasteiger partial charge on any atom is -0.482 e. The Hall–Kier alpha value is -2.00. The molecule has 0 spiro atoms. The molecule has 0 radical (unpaired) electrons. The maximum absolute atomic E-state index is 11.9. The Labute approximate surface area is 114 Å². The van der Waals surface area contributed by atoms with Crippen LogP contribution in [0.5, 0.6) is 5.75 Å². The molecule has 19 heavy (non-hydrogen) atoms. The lowest BCUT2D eigenvalue weighted by Crippen LogP contribution is -2.25. The van der Waals surface area contributed by atoms with Gasteiger partial charge in [-0.2, -0.15) is 17.0 Å². The molecule has 0 bridgehead atoms. The first-order valence-corrected chi connectivity index (χ1v) is 6.91. The molecule has 6 heteroatoms. The number of thioether (sulfide) groups is 1. The van der Waals surface area contributed by atoms with Crippen molar-refractivity contribution in [3.05, 3.63) is 23.8 Å². The number of carbonyl (C=O) groups excluding carboxylic acids is 2. The number of nitrogens with one attached hydrogen (secondary N) is 1. The first kappa shape index (κ1) is 13.4. The molecule has 1 aromatic rings. The van der Waals surface area contributed by atoms with Crippen LogP contribution in [0, 0.1) is 11.3 Å². The van der Waals surface area contributed by atoms with Crippen molar-refractivity contribution in [2.24, 2.45) is 0 Å². The molecule has 1 aromatic carbocycles. The molecule has 1 aliphatic heterocycles. The number of fused-ring (bicyclic) bond motifs is 1. The summed E-state index contributed by atoms with van der Waals surface area (Å²) in [5, 5.41) is 11.1. The topological polar surface area (TPSA) is 79.2 Å². The minimum atomic E-state index is -0.222. The van der Waals surface area contributed by atoms with E-state index >= 15 is 0 Å². The van der Waals surface area contributed by atoms with Crippen LogP contribution in [0.25, 0.3) is 0 Å². The van der Waals surface area contributed by atoms with Crippen molar-refractivity contribution >= 4 is 29.1 Å². The summed E-state index contributed by atoms with van der Waals surface area (Å²) in [6, 6.07) is 7.02. The van der Waals surface area contributed by atoms with E-state index in [9.17, 15) is 9.59 Å². The summed E-state index contributed by atoms with van der Waals surface area (Å²) < 4.78 is 5.22. The van der Waals surface area contributed by atoms with Gasteiger partial charge < -0.3 is 10.1 Å². The largest absolute Gasteiger partial charge is 0.482 e. The monoisotopic (exact) mass is 276 g/mol. The Morgan fingerprint density at radius 3 is 3.16 bits per heavy atom. The molecule has 0 aromatic heterocycles. The number of benzene rings is 1. The SMILES string of the molecule is N#CCCSCC(=O)c1ccc2c(c1)NC(=O)CO2. The molecular weight excluding hydrogens is 264 g/mol. The van der Waals surface area contributed by atoms with Gasteiger partial charge in [-0.05, 0) is 18.2 Å². The molecule has 5 nitrogen and oxygen atoms in total. The smallest absolute Gasteiger partial charge is 0.262 e. The molecule has 0 saturated carbocycles. The maximum Gasteiger partial charge on any atom is 0.262 e. The predicted octanol–water partition coefficient (Wildman–Crippen LogP) is 1.85. The summed E-state index contributed by atoms with van der Waals surface area (Å²) in [4.78, 5) is 23.1. The lowest BCUT2D eigenvalue weighted by Gasteiger charge is -2.18. The van der Waals surface area contributed by atoms with Crippen LogP contribution in [0.2, 0.25) is 0 Å². The van der Waals surface area contributed by atoms with Gasteiger partial charge >= 0.3 is 0 Å². The van der Waals surface area contributed by atoms with Crippen LogP contribution in [-0.4, -0.2) is 29.8 Å². The fourth-order valence-electron chi connectivity index (χ4n) is 1.62. The fourth-order valence-corrected chi connectivity index (χ4v) is 2.35. The Morgan fingerprint density at radius 1 is 1.53 bits per heavy atom. The van der Waals surface area contributed by atoms with Crippen molar-refractivity contribution in [3.8, 4) is 11.8 Å². The van der Waals surface area contributed by atoms with Crippen LogP contribution in [0.1, 0.15) is 16.8 Å².